The first-order chi connectivity index (χ1) is 9.25. The van der Waals surface area contributed by atoms with Crippen molar-refractivity contribution < 1.29 is 18.0 Å². The van der Waals surface area contributed by atoms with Crippen molar-refractivity contribution in [3.8, 4) is 5.69 Å². The Hall–Kier alpha value is -1.75. The Labute approximate surface area is 118 Å². The minimum absolute atomic E-state index is 0.192. The number of aryl methyl sites for hydroxylation is 1. The maximum absolute atomic E-state index is 12.8. The smallest absolute Gasteiger partial charge is 0.316 e. The highest BCUT2D eigenvalue weighted by Gasteiger charge is 2.31. The Balaban J connectivity index is 2.70. The van der Waals surface area contributed by atoms with Crippen LogP contribution >= 0.6 is 11.6 Å². The van der Waals surface area contributed by atoms with Gasteiger partial charge in [0.2, 0.25) is 0 Å². The van der Waals surface area contributed by atoms with Gasteiger partial charge in [-0.25, -0.2) is 0 Å². The third-order valence-corrected chi connectivity index (χ3v) is 3.43. The van der Waals surface area contributed by atoms with Crippen LogP contribution in [0.4, 0.5) is 13.2 Å². The molecule has 0 amide bonds. The van der Waals surface area contributed by atoms with E-state index in [1.54, 1.807) is 24.5 Å². The van der Waals surface area contributed by atoms with E-state index in [9.17, 15) is 18.0 Å². The number of hydrogen-bond acceptors (Lipinski definition) is 1. The van der Waals surface area contributed by atoms with Gasteiger partial charge in [0.1, 0.15) is 0 Å². The van der Waals surface area contributed by atoms with E-state index < -0.39 is 11.7 Å². The van der Waals surface area contributed by atoms with Crippen LogP contribution in [-0.4, -0.2) is 10.9 Å². The number of carbonyl (C=O) groups excluding carboxylic acids is 1. The molecule has 1 aromatic heterocycles. The van der Waals surface area contributed by atoms with E-state index in [4.69, 9.17) is 11.6 Å². The van der Waals surface area contributed by atoms with E-state index in [2.05, 4.69) is 0 Å². The quantitative estimate of drug-likeness (QED) is 0.744. The van der Waals surface area contributed by atoms with Gasteiger partial charge in [-0.3, -0.25) is 4.79 Å². The van der Waals surface area contributed by atoms with E-state index in [1.807, 2.05) is 0 Å². The predicted molar refractivity (Wildman–Crippen MR) is 70.6 cm³/mol. The highest BCUT2D eigenvalue weighted by atomic mass is 35.5. The van der Waals surface area contributed by atoms with Gasteiger partial charge in [-0.15, -0.1) is 0 Å². The number of benzene rings is 1. The van der Waals surface area contributed by atoms with Crippen LogP contribution in [0.5, 0.6) is 0 Å². The van der Waals surface area contributed by atoms with Gasteiger partial charge in [0, 0.05) is 17.0 Å². The summed E-state index contributed by atoms with van der Waals surface area (Å²) >= 11 is 6.00. The van der Waals surface area contributed by atoms with E-state index in [0.29, 0.717) is 23.2 Å². The zero-order valence-electron chi connectivity index (χ0n) is 10.8. The van der Waals surface area contributed by atoms with E-state index >= 15 is 0 Å². The molecule has 1 aromatic carbocycles. The zero-order chi connectivity index (χ0) is 15.1. The molecule has 0 atom stereocenters. The summed E-state index contributed by atoms with van der Waals surface area (Å²) in [7, 11) is 0. The van der Waals surface area contributed by atoms with Crippen molar-refractivity contribution in [3.05, 3.63) is 51.8 Å². The Morgan fingerprint density at radius 2 is 1.85 bits per heavy atom. The lowest BCUT2D eigenvalue weighted by molar-refractivity contribution is -0.137. The summed E-state index contributed by atoms with van der Waals surface area (Å²) in [6.07, 6.45) is -3.78. The molecule has 0 fully saturated rings. The molecule has 106 valence electrons. The molecular formula is C14H11ClF3NO. The molecule has 0 unspecified atom stereocenters. The van der Waals surface area contributed by atoms with Gasteiger partial charge in [-0.1, -0.05) is 11.6 Å². The minimum atomic E-state index is -4.44. The van der Waals surface area contributed by atoms with Gasteiger partial charge in [-0.05, 0) is 38.1 Å². The summed E-state index contributed by atoms with van der Waals surface area (Å²) < 4.78 is 39.9. The summed E-state index contributed by atoms with van der Waals surface area (Å²) in [5, 5.41) is 0.192. The third kappa shape index (κ3) is 2.45. The topological polar surface area (TPSA) is 22.0 Å². The largest absolute Gasteiger partial charge is 0.416 e. The number of alkyl halides is 3. The van der Waals surface area contributed by atoms with E-state index in [0.717, 1.165) is 12.1 Å². The Bertz CT molecular complexity index is 674. The number of rotatable bonds is 2. The van der Waals surface area contributed by atoms with E-state index in [-0.39, 0.29) is 10.7 Å². The van der Waals surface area contributed by atoms with Crippen molar-refractivity contribution in [1.82, 2.24) is 4.57 Å². The number of hydrogen-bond donors (Lipinski definition) is 0. The lowest BCUT2D eigenvalue weighted by Crippen LogP contribution is -2.08. The Morgan fingerprint density at radius 1 is 1.20 bits per heavy atom. The highest BCUT2D eigenvalue weighted by molar-refractivity contribution is 6.32. The van der Waals surface area contributed by atoms with E-state index in [1.165, 1.54) is 6.07 Å². The molecule has 0 bridgehead atoms. The molecule has 6 heteroatoms. The number of carbonyl (C=O) groups is 1. The van der Waals surface area contributed by atoms with Crippen molar-refractivity contribution in [2.24, 2.45) is 0 Å². The average molecular weight is 302 g/mol. The Morgan fingerprint density at radius 3 is 2.35 bits per heavy atom. The monoisotopic (exact) mass is 301 g/mol. The first kappa shape index (κ1) is 14.7. The van der Waals surface area contributed by atoms with Crippen molar-refractivity contribution in [2.75, 3.05) is 0 Å². The second-order valence-electron chi connectivity index (χ2n) is 4.44. The van der Waals surface area contributed by atoms with Crippen LogP contribution in [0.1, 0.15) is 27.3 Å². The molecule has 2 rings (SSSR count). The molecule has 0 saturated carbocycles. The third-order valence-electron chi connectivity index (χ3n) is 3.11. The molecule has 2 nitrogen and oxygen atoms in total. The summed E-state index contributed by atoms with van der Waals surface area (Å²) in [6.45, 7) is 3.36. The summed E-state index contributed by atoms with van der Waals surface area (Å²) in [6, 6.07) is 4.73. The van der Waals surface area contributed by atoms with Crippen LogP contribution in [0.25, 0.3) is 5.69 Å². The molecule has 0 N–H and O–H groups in total. The molecule has 0 aliphatic rings. The molecule has 0 aliphatic carbocycles. The van der Waals surface area contributed by atoms with Crippen LogP contribution in [-0.2, 0) is 6.18 Å². The maximum Gasteiger partial charge on any atom is 0.416 e. The lowest BCUT2D eigenvalue weighted by atomic mass is 10.2. The number of halogens is 4. The first-order valence-corrected chi connectivity index (χ1v) is 6.14. The van der Waals surface area contributed by atoms with Gasteiger partial charge in [0.15, 0.2) is 6.29 Å². The van der Waals surface area contributed by atoms with Crippen molar-refractivity contribution in [1.29, 1.82) is 0 Å². The Kier molecular flexibility index (Phi) is 3.65. The minimum Gasteiger partial charge on any atom is -0.316 e. The maximum atomic E-state index is 12.8. The van der Waals surface area contributed by atoms with Crippen LogP contribution in [0.15, 0.2) is 24.3 Å². The normalized spacial score (nSPS) is 11.7. The van der Waals surface area contributed by atoms with Gasteiger partial charge in [-0.2, -0.15) is 13.2 Å². The molecule has 0 saturated heterocycles. The number of nitrogens with zero attached hydrogens (tertiary/aromatic N) is 1. The standard InChI is InChI=1S/C14H11ClF3NO/c1-8-5-10(7-20)9(2)19(8)13-6-11(14(16,17)18)3-4-12(13)15/h3-7H,1-2H3. The average Bonchev–Trinajstić information content (AvgIpc) is 2.64. The molecule has 20 heavy (non-hydrogen) atoms. The molecule has 0 aliphatic heterocycles. The number of aromatic nitrogens is 1. The first-order valence-electron chi connectivity index (χ1n) is 5.77. The van der Waals surface area contributed by atoms with Crippen LogP contribution in [0.3, 0.4) is 0 Å². The molecule has 2 aromatic rings. The van der Waals surface area contributed by atoms with Gasteiger partial charge in [0.05, 0.1) is 16.3 Å². The predicted octanol–water partition coefficient (Wildman–Crippen LogP) is 4.58. The second-order valence-corrected chi connectivity index (χ2v) is 4.85. The fourth-order valence-corrected chi connectivity index (χ4v) is 2.34. The zero-order valence-corrected chi connectivity index (χ0v) is 11.5. The summed E-state index contributed by atoms with van der Waals surface area (Å²) in [5.74, 6) is 0. The molecular weight excluding hydrogens is 291 g/mol. The molecule has 1 heterocycles. The van der Waals surface area contributed by atoms with Crippen LogP contribution < -0.4 is 0 Å². The van der Waals surface area contributed by atoms with Crippen LogP contribution in [0.2, 0.25) is 5.02 Å². The van der Waals surface area contributed by atoms with Crippen molar-refractivity contribution in [2.45, 2.75) is 20.0 Å². The highest BCUT2D eigenvalue weighted by Crippen LogP contribution is 2.34. The second kappa shape index (κ2) is 4.98. The number of aldehydes is 1. The molecule has 0 radical (unpaired) electrons. The van der Waals surface area contributed by atoms with Gasteiger partial charge in [0.25, 0.3) is 0 Å². The fraction of sp³-hybridized carbons (Fsp3) is 0.214. The van der Waals surface area contributed by atoms with Gasteiger partial charge >= 0.3 is 6.18 Å². The fourth-order valence-electron chi connectivity index (χ4n) is 2.14. The summed E-state index contributed by atoms with van der Waals surface area (Å²) in [5.41, 5.74) is 1.06. The van der Waals surface area contributed by atoms with Gasteiger partial charge < -0.3 is 4.57 Å². The lowest BCUT2D eigenvalue weighted by Gasteiger charge is -2.14. The van der Waals surface area contributed by atoms with Crippen molar-refractivity contribution >= 4 is 17.9 Å². The SMILES string of the molecule is Cc1cc(C=O)c(C)n1-c1cc(C(F)(F)F)ccc1Cl. The van der Waals surface area contributed by atoms with Crippen LogP contribution in [0, 0.1) is 13.8 Å². The summed E-state index contributed by atoms with van der Waals surface area (Å²) in [4.78, 5) is 10.9. The van der Waals surface area contributed by atoms with Crippen molar-refractivity contribution in [3.63, 3.8) is 0 Å². The molecule has 0 spiro atoms.